The van der Waals surface area contributed by atoms with Gasteiger partial charge in [0, 0.05) is 30.1 Å². The lowest BCUT2D eigenvalue weighted by molar-refractivity contribution is -0.143. The van der Waals surface area contributed by atoms with E-state index in [9.17, 15) is 9.90 Å². The molecule has 0 saturated heterocycles. The Morgan fingerprint density at radius 2 is 2.11 bits per heavy atom. The molecule has 1 atom stereocenters. The number of H-pyrrole nitrogens is 1. The molecular weight excluding hydrogens is 242 g/mol. The van der Waals surface area contributed by atoms with Crippen LogP contribution in [0.15, 0.2) is 30.5 Å². The lowest BCUT2D eigenvalue weighted by Crippen LogP contribution is -2.56. The van der Waals surface area contributed by atoms with Crippen molar-refractivity contribution in [3.05, 3.63) is 36.0 Å². The molecule has 0 radical (unpaired) electrons. The number of benzene rings is 1. The van der Waals surface area contributed by atoms with E-state index in [1.54, 1.807) is 4.90 Å². The number of nitrogens with zero attached hydrogens (tertiary/aromatic N) is 1. The highest BCUT2D eigenvalue weighted by molar-refractivity contribution is 5.85. The quantitative estimate of drug-likeness (QED) is 0.751. The van der Waals surface area contributed by atoms with Gasteiger partial charge in [0.1, 0.15) is 5.54 Å². The number of hydrogen-bond donors (Lipinski definition) is 3. The number of likely N-dealkylation sites (N-methyl/N-ethyl adjacent to an activating group) is 1. The van der Waals surface area contributed by atoms with Gasteiger partial charge in [0.2, 0.25) is 0 Å². The molecule has 2 aromatic rings. The number of hydrogen-bond acceptors (Lipinski definition) is 3. The summed E-state index contributed by atoms with van der Waals surface area (Å²) in [7, 11) is 3.64. The number of nitrogens with two attached hydrogens (primary N) is 1. The van der Waals surface area contributed by atoms with Crippen molar-refractivity contribution in [1.82, 2.24) is 9.88 Å². The monoisotopic (exact) mass is 261 g/mol. The molecule has 1 aromatic carbocycles. The maximum Gasteiger partial charge on any atom is 0.325 e. The third-order valence-electron chi connectivity index (χ3n) is 3.21. The van der Waals surface area contributed by atoms with E-state index < -0.39 is 11.5 Å². The van der Waals surface area contributed by atoms with Crippen LogP contribution in [0, 0.1) is 0 Å². The molecule has 0 spiro atoms. The molecule has 1 heterocycles. The van der Waals surface area contributed by atoms with Crippen molar-refractivity contribution in [2.75, 3.05) is 20.6 Å². The number of aromatic nitrogens is 1. The van der Waals surface area contributed by atoms with E-state index in [1.165, 1.54) is 0 Å². The number of carbonyl (C=O) groups is 1. The lowest BCUT2D eigenvalue weighted by Gasteiger charge is -2.27. The molecule has 102 valence electrons. The van der Waals surface area contributed by atoms with E-state index in [0.717, 1.165) is 16.5 Å². The maximum atomic E-state index is 11.5. The van der Waals surface area contributed by atoms with Crippen molar-refractivity contribution in [2.24, 2.45) is 5.73 Å². The summed E-state index contributed by atoms with van der Waals surface area (Å²) in [5.74, 6) is -0.980. The minimum atomic E-state index is -1.28. The highest BCUT2D eigenvalue weighted by atomic mass is 16.4. The van der Waals surface area contributed by atoms with Gasteiger partial charge in [-0.15, -0.1) is 0 Å². The summed E-state index contributed by atoms with van der Waals surface area (Å²) in [6, 6.07) is 7.81. The summed E-state index contributed by atoms with van der Waals surface area (Å²) in [5.41, 5.74) is 6.71. The van der Waals surface area contributed by atoms with Crippen LogP contribution in [0.5, 0.6) is 0 Å². The van der Waals surface area contributed by atoms with Gasteiger partial charge in [-0.05, 0) is 25.7 Å². The van der Waals surface area contributed by atoms with E-state index in [-0.39, 0.29) is 0 Å². The smallest absolute Gasteiger partial charge is 0.325 e. The summed E-state index contributed by atoms with van der Waals surface area (Å²) in [6.07, 6.45) is 2.13. The van der Waals surface area contributed by atoms with E-state index in [2.05, 4.69) is 4.98 Å². The fourth-order valence-corrected chi connectivity index (χ4v) is 2.38. The average molecular weight is 261 g/mol. The Bertz CT molecular complexity index is 591. The number of aromatic amines is 1. The Labute approximate surface area is 112 Å². The Morgan fingerprint density at radius 3 is 2.74 bits per heavy atom. The molecule has 4 N–H and O–H groups in total. The second-order valence-electron chi connectivity index (χ2n) is 5.24. The van der Waals surface area contributed by atoms with Crippen LogP contribution in [0.25, 0.3) is 10.9 Å². The molecule has 0 bridgehead atoms. The number of carboxylic acids is 1. The molecular formula is C14H19N3O2. The molecule has 0 aliphatic rings. The van der Waals surface area contributed by atoms with Gasteiger partial charge < -0.3 is 20.7 Å². The first-order chi connectivity index (χ1) is 8.92. The molecule has 0 amide bonds. The average Bonchev–Trinajstić information content (AvgIpc) is 2.71. The number of carboxylic acid groups (broad SMARTS) is 1. The molecule has 0 aliphatic heterocycles. The van der Waals surface area contributed by atoms with Gasteiger partial charge in [-0.2, -0.15) is 0 Å². The third kappa shape index (κ3) is 2.77. The van der Waals surface area contributed by atoms with Crippen LogP contribution in [0.2, 0.25) is 0 Å². The topological polar surface area (TPSA) is 82.3 Å². The number of nitrogens with one attached hydrogen (secondary N) is 1. The first-order valence-corrected chi connectivity index (χ1v) is 6.14. The molecule has 5 heteroatoms. The molecule has 19 heavy (non-hydrogen) atoms. The maximum absolute atomic E-state index is 11.5. The first kappa shape index (κ1) is 13.6. The molecule has 1 aromatic heterocycles. The lowest BCUT2D eigenvalue weighted by atomic mass is 9.91. The minimum Gasteiger partial charge on any atom is -0.480 e. The Kier molecular flexibility index (Phi) is 3.59. The van der Waals surface area contributed by atoms with Gasteiger partial charge in [0.25, 0.3) is 0 Å². The SMILES string of the molecule is CN(C)CC(N)(Cc1c[nH]c2ccccc12)C(=O)O. The Hall–Kier alpha value is -1.85. The van der Waals surface area contributed by atoms with Gasteiger partial charge >= 0.3 is 5.97 Å². The summed E-state index contributed by atoms with van der Waals surface area (Å²) in [5, 5.41) is 10.4. The highest BCUT2D eigenvalue weighted by Crippen LogP contribution is 2.22. The van der Waals surface area contributed by atoms with Crippen LogP contribution < -0.4 is 5.73 Å². The summed E-state index contributed by atoms with van der Waals surface area (Å²) in [6.45, 7) is 0.293. The van der Waals surface area contributed by atoms with E-state index in [1.807, 2.05) is 44.6 Å². The van der Waals surface area contributed by atoms with Crippen molar-refractivity contribution in [3.8, 4) is 0 Å². The highest BCUT2D eigenvalue weighted by Gasteiger charge is 2.35. The van der Waals surface area contributed by atoms with Crippen molar-refractivity contribution in [3.63, 3.8) is 0 Å². The van der Waals surface area contributed by atoms with Gasteiger partial charge in [0.15, 0.2) is 0 Å². The van der Waals surface area contributed by atoms with Gasteiger partial charge in [0.05, 0.1) is 0 Å². The molecule has 1 unspecified atom stereocenters. The largest absolute Gasteiger partial charge is 0.480 e. The van der Waals surface area contributed by atoms with E-state index >= 15 is 0 Å². The molecule has 0 saturated carbocycles. The number of aliphatic carboxylic acids is 1. The first-order valence-electron chi connectivity index (χ1n) is 6.14. The number of rotatable bonds is 5. The molecule has 2 rings (SSSR count). The Morgan fingerprint density at radius 1 is 1.42 bits per heavy atom. The predicted molar refractivity (Wildman–Crippen MR) is 75.1 cm³/mol. The fraction of sp³-hybridized carbons (Fsp3) is 0.357. The van der Waals surface area contributed by atoms with Crippen LogP contribution in [-0.4, -0.2) is 47.1 Å². The van der Waals surface area contributed by atoms with Crippen molar-refractivity contribution in [1.29, 1.82) is 0 Å². The van der Waals surface area contributed by atoms with E-state index in [4.69, 9.17) is 5.73 Å². The van der Waals surface area contributed by atoms with Crippen LogP contribution in [0.4, 0.5) is 0 Å². The number of fused-ring (bicyclic) bond motifs is 1. The van der Waals surface area contributed by atoms with Crippen LogP contribution >= 0.6 is 0 Å². The second-order valence-corrected chi connectivity index (χ2v) is 5.24. The molecule has 0 fully saturated rings. The van der Waals surface area contributed by atoms with Crippen molar-refractivity contribution < 1.29 is 9.90 Å². The summed E-state index contributed by atoms with van der Waals surface area (Å²) < 4.78 is 0. The predicted octanol–water partition coefficient (Wildman–Crippen LogP) is 1.05. The van der Waals surface area contributed by atoms with Gasteiger partial charge in [-0.3, -0.25) is 4.79 Å². The number of para-hydroxylation sites is 1. The van der Waals surface area contributed by atoms with E-state index in [0.29, 0.717) is 13.0 Å². The fourth-order valence-electron chi connectivity index (χ4n) is 2.38. The molecule has 0 aliphatic carbocycles. The van der Waals surface area contributed by atoms with Gasteiger partial charge in [-0.25, -0.2) is 0 Å². The van der Waals surface area contributed by atoms with Crippen molar-refractivity contribution in [2.45, 2.75) is 12.0 Å². The third-order valence-corrected chi connectivity index (χ3v) is 3.21. The van der Waals surface area contributed by atoms with Crippen molar-refractivity contribution >= 4 is 16.9 Å². The zero-order valence-electron chi connectivity index (χ0n) is 11.2. The zero-order valence-corrected chi connectivity index (χ0v) is 11.2. The minimum absolute atomic E-state index is 0.293. The zero-order chi connectivity index (χ0) is 14.0. The standard InChI is InChI=1S/C14H19N3O2/c1-17(2)9-14(15,13(18)19)7-10-8-16-12-6-4-3-5-11(10)12/h3-6,8,16H,7,9,15H2,1-2H3,(H,18,19). The van der Waals surface area contributed by atoms with Crippen LogP contribution in [0.1, 0.15) is 5.56 Å². The normalized spacial score (nSPS) is 14.7. The van der Waals surface area contributed by atoms with Gasteiger partial charge in [-0.1, -0.05) is 18.2 Å². The summed E-state index contributed by atoms with van der Waals surface area (Å²) in [4.78, 5) is 16.4. The second kappa shape index (κ2) is 5.03. The molecule has 5 nitrogen and oxygen atoms in total. The van der Waals surface area contributed by atoms with Crippen LogP contribution in [-0.2, 0) is 11.2 Å². The summed E-state index contributed by atoms with van der Waals surface area (Å²) >= 11 is 0. The van der Waals surface area contributed by atoms with Crippen LogP contribution in [0.3, 0.4) is 0 Å². The Balaban J connectivity index is 2.34.